The summed E-state index contributed by atoms with van der Waals surface area (Å²) in [6, 6.07) is 19.7. The summed E-state index contributed by atoms with van der Waals surface area (Å²) in [5.41, 5.74) is 4.57. The number of sulfonamides is 1. The minimum absolute atomic E-state index is 0.126. The van der Waals surface area contributed by atoms with Crippen molar-refractivity contribution in [3.63, 3.8) is 0 Å². The van der Waals surface area contributed by atoms with E-state index in [9.17, 15) is 13.2 Å². The first kappa shape index (κ1) is 20.8. The van der Waals surface area contributed by atoms with Crippen LogP contribution in [0.5, 0.6) is 0 Å². The van der Waals surface area contributed by atoms with Gasteiger partial charge in [-0.3, -0.25) is 9.10 Å². The number of hydrogen-bond acceptors (Lipinski definition) is 5. The maximum absolute atomic E-state index is 12.8. The quantitative estimate of drug-likeness (QED) is 0.459. The third-order valence-electron chi connectivity index (χ3n) is 4.19. The number of anilines is 1. The van der Waals surface area contributed by atoms with E-state index in [-0.39, 0.29) is 12.1 Å². The van der Waals surface area contributed by atoms with Crippen LogP contribution in [0.3, 0.4) is 0 Å². The van der Waals surface area contributed by atoms with Crippen molar-refractivity contribution in [2.75, 3.05) is 10.6 Å². The third-order valence-corrected chi connectivity index (χ3v) is 6.29. The van der Waals surface area contributed by atoms with Crippen molar-refractivity contribution in [3.05, 3.63) is 88.1 Å². The highest BCUT2D eigenvalue weighted by Gasteiger charge is 2.23. The van der Waals surface area contributed by atoms with Gasteiger partial charge in [0.25, 0.3) is 5.91 Å². The molecule has 0 fully saturated rings. The van der Waals surface area contributed by atoms with Crippen LogP contribution in [0, 0.1) is 0 Å². The molecule has 0 aliphatic heterocycles. The van der Waals surface area contributed by atoms with Gasteiger partial charge in [-0.2, -0.15) is 5.10 Å². The molecule has 3 aromatic rings. The minimum Gasteiger partial charge on any atom is -0.267 e. The number of rotatable bonds is 7. The summed E-state index contributed by atoms with van der Waals surface area (Å²) in [5, 5.41) is 6.08. The van der Waals surface area contributed by atoms with Crippen LogP contribution in [0.1, 0.15) is 27.7 Å². The number of hydrogen-bond donors (Lipinski definition) is 1. The van der Waals surface area contributed by atoms with Crippen LogP contribution in [0.15, 0.2) is 77.2 Å². The molecule has 0 aliphatic carbocycles. The third kappa shape index (κ3) is 5.30. The summed E-state index contributed by atoms with van der Waals surface area (Å²) in [4.78, 5) is 13.7. The summed E-state index contributed by atoms with van der Waals surface area (Å²) in [7, 11) is -3.62. The molecule has 29 heavy (non-hydrogen) atoms. The maximum atomic E-state index is 12.8. The Hall–Kier alpha value is -2.97. The molecular weight excluding hydrogens is 406 g/mol. The zero-order valence-electron chi connectivity index (χ0n) is 16.1. The van der Waals surface area contributed by atoms with Crippen molar-refractivity contribution in [1.82, 2.24) is 5.43 Å². The van der Waals surface area contributed by atoms with Gasteiger partial charge in [0.1, 0.15) is 0 Å². The highest BCUT2D eigenvalue weighted by Crippen LogP contribution is 2.25. The van der Waals surface area contributed by atoms with E-state index in [2.05, 4.69) is 10.5 Å². The molecule has 150 valence electrons. The molecule has 0 bridgehead atoms. The molecule has 8 heteroatoms. The molecular formula is C21H21N3O3S2. The van der Waals surface area contributed by atoms with E-state index >= 15 is 0 Å². The van der Waals surface area contributed by atoms with E-state index in [0.29, 0.717) is 11.4 Å². The van der Waals surface area contributed by atoms with Crippen LogP contribution in [0.2, 0.25) is 0 Å². The summed E-state index contributed by atoms with van der Waals surface area (Å²) in [5.74, 6) is -0.474. The molecule has 3 rings (SSSR count). The zero-order chi connectivity index (χ0) is 20.9. The SMILES string of the molecule is C/C(=N\NC(=O)c1ccccc1N(Cc1ccccc1)S(C)(=O)=O)c1cccs1. The number of hydrazone groups is 1. The van der Waals surface area contributed by atoms with Crippen molar-refractivity contribution >= 4 is 38.7 Å². The Balaban J connectivity index is 1.91. The highest BCUT2D eigenvalue weighted by atomic mass is 32.2. The van der Waals surface area contributed by atoms with E-state index in [1.54, 1.807) is 31.2 Å². The summed E-state index contributed by atoms with van der Waals surface area (Å²) in [6.07, 6.45) is 1.13. The number of amides is 1. The average Bonchev–Trinajstić information content (AvgIpc) is 3.25. The molecule has 0 saturated carbocycles. The molecule has 0 aliphatic rings. The normalized spacial score (nSPS) is 11.9. The van der Waals surface area contributed by atoms with E-state index in [0.717, 1.165) is 16.7 Å². The lowest BCUT2D eigenvalue weighted by Gasteiger charge is -2.24. The largest absolute Gasteiger partial charge is 0.273 e. The minimum atomic E-state index is -3.62. The molecule has 1 heterocycles. The topological polar surface area (TPSA) is 78.8 Å². The van der Waals surface area contributed by atoms with Crippen LogP contribution in [0.25, 0.3) is 0 Å². The van der Waals surface area contributed by atoms with E-state index in [4.69, 9.17) is 0 Å². The Bertz CT molecular complexity index is 1110. The first-order valence-corrected chi connectivity index (χ1v) is 11.6. The second-order valence-electron chi connectivity index (χ2n) is 6.39. The summed E-state index contributed by atoms with van der Waals surface area (Å²) < 4.78 is 26.2. The number of carbonyl (C=O) groups is 1. The Labute approximate surface area is 174 Å². The van der Waals surface area contributed by atoms with Crippen LogP contribution in [-0.4, -0.2) is 26.3 Å². The van der Waals surface area contributed by atoms with Crippen LogP contribution in [-0.2, 0) is 16.6 Å². The lowest BCUT2D eigenvalue weighted by Crippen LogP contribution is -2.32. The first-order valence-electron chi connectivity index (χ1n) is 8.85. The fourth-order valence-electron chi connectivity index (χ4n) is 2.75. The lowest BCUT2D eigenvalue weighted by molar-refractivity contribution is 0.0955. The van der Waals surface area contributed by atoms with Gasteiger partial charge in [-0.15, -0.1) is 11.3 Å². The van der Waals surface area contributed by atoms with Gasteiger partial charge in [-0.25, -0.2) is 13.8 Å². The predicted octanol–water partition coefficient (Wildman–Crippen LogP) is 3.87. The lowest BCUT2D eigenvalue weighted by atomic mass is 10.1. The number of benzene rings is 2. The molecule has 0 saturated heterocycles. The summed E-state index contributed by atoms with van der Waals surface area (Å²) >= 11 is 1.52. The van der Waals surface area contributed by atoms with Crippen LogP contribution >= 0.6 is 11.3 Å². The van der Waals surface area contributed by atoms with Gasteiger partial charge < -0.3 is 0 Å². The van der Waals surface area contributed by atoms with Crippen molar-refractivity contribution < 1.29 is 13.2 Å². The van der Waals surface area contributed by atoms with Crippen LogP contribution in [0.4, 0.5) is 5.69 Å². The molecule has 1 N–H and O–H groups in total. The number of carbonyl (C=O) groups excluding carboxylic acids is 1. The second-order valence-corrected chi connectivity index (χ2v) is 9.24. The Morgan fingerprint density at radius 3 is 2.38 bits per heavy atom. The second kappa shape index (κ2) is 9.02. The molecule has 1 aromatic heterocycles. The monoisotopic (exact) mass is 427 g/mol. The van der Waals surface area contributed by atoms with Crippen molar-refractivity contribution in [2.24, 2.45) is 5.10 Å². The van der Waals surface area contributed by atoms with Crippen molar-refractivity contribution in [2.45, 2.75) is 13.5 Å². The highest BCUT2D eigenvalue weighted by molar-refractivity contribution is 7.92. The Morgan fingerprint density at radius 2 is 1.72 bits per heavy atom. The fourth-order valence-corrected chi connectivity index (χ4v) is 4.32. The van der Waals surface area contributed by atoms with E-state index in [1.807, 2.05) is 47.8 Å². The summed E-state index contributed by atoms with van der Waals surface area (Å²) in [6.45, 7) is 1.93. The van der Waals surface area contributed by atoms with Gasteiger partial charge in [0.2, 0.25) is 10.0 Å². The van der Waals surface area contributed by atoms with Gasteiger partial charge >= 0.3 is 0 Å². The molecule has 2 aromatic carbocycles. The van der Waals surface area contributed by atoms with Gasteiger partial charge in [0.15, 0.2) is 0 Å². The average molecular weight is 428 g/mol. The van der Waals surface area contributed by atoms with Gasteiger partial charge in [-0.05, 0) is 36.1 Å². The molecule has 1 amide bonds. The van der Waals surface area contributed by atoms with E-state index < -0.39 is 15.9 Å². The predicted molar refractivity (Wildman–Crippen MR) is 118 cm³/mol. The Kier molecular flexibility index (Phi) is 6.46. The first-order chi connectivity index (χ1) is 13.9. The fraction of sp³-hybridized carbons (Fsp3) is 0.143. The Morgan fingerprint density at radius 1 is 1.03 bits per heavy atom. The molecule has 0 spiro atoms. The van der Waals surface area contributed by atoms with Gasteiger partial charge in [-0.1, -0.05) is 48.5 Å². The number of thiophene rings is 1. The zero-order valence-corrected chi connectivity index (χ0v) is 17.7. The molecule has 6 nitrogen and oxygen atoms in total. The van der Waals surface area contributed by atoms with E-state index in [1.165, 1.54) is 15.6 Å². The molecule has 0 atom stereocenters. The van der Waals surface area contributed by atoms with Crippen molar-refractivity contribution in [3.8, 4) is 0 Å². The number of nitrogens with zero attached hydrogens (tertiary/aromatic N) is 2. The maximum Gasteiger partial charge on any atom is 0.273 e. The standard InChI is InChI=1S/C21H21N3O3S2/c1-16(20-13-8-14-28-20)22-23-21(25)18-11-6-7-12-19(18)24(29(2,26)27)15-17-9-4-3-5-10-17/h3-14H,15H2,1-2H3,(H,23,25)/b22-16+. The van der Waals surface area contributed by atoms with Crippen molar-refractivity contribution in [1.29, 1.82) is 0 Å². The number of nitrogens with one attached hydrogen (secondary N) is 1. The molecule has 0 unspecified atom stereocenters. The van der Waals surface area contributed by atoms with Gasteiger partial charge in [0.05, 0.1) is 29.8 Å². The number of para-hydroxylation sites is 1. The van der Waals surface area contributed by atoms with Crippen LogP contribution < -0.4 is 9.73 Å². The van der Waals surface area contributed by atoms with Gasteiger partial charge in [0, 0.05) is 4.88 Å². The molecule has 0 radical (unpaired) electrons. The smallest absolute Gasteiger partial charge is 0.267 e.